The number of benzene rings is 1. The number of esters is 1. The van der Waals surface area contributed by atoms with Gasteiger partial charge in [-0.15, -0.1) is 0 Å². The van der Waals surface area contributed by atoms with Crippen molar-refractivity contribution in [2.75, 3.05) is 19.8 Å². The van der Waals surface area contributed by atoms with E-state index >= 15 is 0 Å². The zero-order chi connectivity index (χ0) is 14.1. The van der Waals surface area contributed by atoms with Crippen LogP contribution in [0, 0.1) is 0 Å². The van der Waals surface area contributed by atoms with Crippen molar-refractivity contribution in [1.82, 2.24) is 5.32 Å². The SMILES string of the molecule is CCNC(CC)c1ccccc1OCC(=O)OCC. The number of carbonyl (C=O) groups excluding carboxylic acids is 1. The van der Waals surface area contributed by atoms with Crippen molar-refractivity contribution in [2.45, 2.75) is 33.2 Å². The maximum Gasteiger partial charge on any atom is 0.344 e. The molecule has 0 bridgehead atoms. The lowest BCUT2D eigenvalue weighted by Crippen LogP contribution is -2.22. The molecule has 0 radical (unpaired) electrons. The highest BCUT2D eigenvalue weighted by Gasteiger charge is 2.14. The average molecular weight is 265 g/mol. The van der Waals surface area contributed by atoms with Gasteiger partial charge in [0.05, 0.1) is 6.61 Å². The van der Waals surface area contributed by atoms with Crippen LogP contribution in [0.3, 0.4) is 0 Å². The number of para-hydroxylation sites is 1. The summed E-state index contributed by atoms with van der Waals surface area (Å²) in [5, 5.41) is 3.41. The van der Waals surface area contributed by atoms with Gasteiger partial charge in [0.1, 0.15) is 5.75 Å². The van der Waals surface area contributed by atoms with Crippen LogP contribution >= 0.6 is 0 Å². The van der Waals surface area contributed by atoms with E-state index in [0.29, 0.717) is 6.61 Å². The van der Waals surface area contributed by atoms with Crippen LogP contribution < -0.4 is 10.1 Å². The summed E-state index contributed by atoms with van der Waals surface area (Å²) < 4.78 is 10.4. The van der Waals surface area contributed by atoms with Crippen LogP contribution in [0.4, 0.5) is 0 Å². The Morgan fingerprint density at radius 3 is 2.63 bits per heavy atom. The van der Waals surface area contributed by atoms with E-state index in [1.54, 1.807) is 6.92 Å². The molecule has 1 rings (SSSR count). The Balaban J connectivity index is 2.74. The van der Waals surface area contributed by atoms with Crippen molar-refractivity contribution >= 4 is 5.97 Å². The molecule has 0 aliphatic rings. The summed E-state index contributed by atoms with van der Waals surface area (Å²) in [7, 11) is 0. The smallest absolute Gasteiger partial charge is 0.344 e. The van der Waals surface area contributed by atoms with E-state index in [0.717, 1.165) is 24.3 Å². The Kier molecular flexibility index (Phi) is 6.97. The average Bonchev–Trinajstić information content (AvgIpc) is 2.43. The summed E-state index contributed by atoms with van der Waals surface area (Å²) in [4.78, 5) is 11.3. The topological polar surface area (TPSA) is 47.6 Å². The molecule has 0 spiro atoms. The first-order valence-corrected chi connectivity index (χ1v) is 6.83. The molecule has 0 aliphatic heterocycles. The third-order valence-electron chi connectivity index (χ3n) is 2.80. The van der Waals surface area contributed by atoms with Crippen LogP contribution in [0.2, 0.25) is 0 Å². The van der Waals surface area contributed by atoms with Gasteiger partial charge in [-0.2, -0.15) is 0 Å². The van der Waals surface area contributed by atoms with Gasteiger partial charge in [-0.3, -0.25) is 0 Å². The molecular formula is C15H23NO3. The molecule has 0 heterocycles. The predicted octanol–water partition coefficient (Wildman–Crippen LogP) is 2.69. The minimum atomic E-state index is -0.339. The van der Waals surface area contributed by atoms with E-state index in [-0.39, 0.29) is 18.6 Å². The van der Waals surface area contributed by atoms with Crippen LogP contribution in [0.15, 0.2) is 24.3 Å². The van der Waals surface area contributed by atoms with Crippen LogP contribution in [-0.2, 0) is 9.53 Å². The van der Waals surface area contributed by atoms with Crippen molar-refractivity contribution in [2.24, 2.45) is 0 Å². The van der Waals surface area contributed by atoms with Gasteiger partial charge in [-0.1, -0.05) is 32.0 Å². The maximum absolute atomic E-state index is 11.3. The summed E-state index contributed by atoms with van der Waals surface area (Å²) in [5.74, 6) is 0.400. The van der Waals surface area contributed by atoms with E-state index in [1.165, 1.54) is 0 Å². The highest BCUT2D eigenvalue weighted by atomic mass is 16.6. The number of rotatable bonds is 8. The molecule has 0 aromatic heterocycles. The van der Waals surface area contributed by atoms with Gasteiger partial charge in [-0.05, 0) is 26.0 Å². The molecule has 0 saturated heterocycles. The van der Waals surface area contributed by atoms with Crippen LogP contribution in [0.1, 0.15) is 38.8 Å². The fourth-order valence-electron chi connectivity index (χ4n) is 1.96. The standard InChI is InChI=1S/C15H23NO3/c1-4-13(16-5-2)12-9-7-8-10-14(12)19-11-15(17)18-6-3/h7-10,13,16H,4-6,11H2,1-3H3. The third kappa shape index (κ3) is 4.91. The van der Waals surface area contributed by atoms with Crippen molar-refractivity contribution in [3.8, 4) is 5.75 Å². The fourth-order valence-corrected chi connectivity index (χ4v) is 1.96. The predicted molar refractivity (Wildman–Crippen MR) is 75.3 cm³/mol. The number of ether oxygens (including phenoxy) is 2. The quantitative estimate of drug-likeness (QED) is 0.734. The minimum Gasteiger partial charge on any atom is -0.482 e. The molecule has 0 aliphatic carbocycles. The molecule has 1 aromatic rings. The van der Waals surface area contributed by atoms with Crippen molar-refractivity contribution in [3.63, 3.8) is 0 Å². The Morgan fingerprint density at radius 1 is 1.26 bits per heavy atom. The number of hydrogen-bond donors (Lipinski definition) is 1. The summed E-state index contributed by atoms with van der Waals surface area (Å²) in [6.07, 6.45) is 0.966. The summed E-state index contributed by atoms with van der Waals surface area (Å²) >= 11 is 0. The summed E-state index contributed by atoms with van der Waals surface area (Å²) in [6.45, 7) is 7.20. The molecule has 4 nitrogen and oxygen atoms in total. The van der Waals surface area contributed by atoms with Crippen molar-refractivity contribution in [1.29, 1.82) is 0 Å². The van der Waals surface area contributed by atoms with Gasteiger partial charge in [-0.25, -0.2) is 4.79 Å². The second kappa shape index (κ2) is 8.53. The van der Waals surface area contributed by atoms with Crippen LogP contribution in [-0.4, -0.2) is 25.7 Å². The number of hydrogen-bond acceptors (Lipinski definition) is 4. The monoisotopic (exact) mass is 265 g/mol. The zero-order valence-corrected chi connectivity index (χ0v) is 11.9. The van der Waals surface area contributed by atoms with E-state index < -0.39 is 0 Å². The second-order valence-electron chi connectivity index (χ2n) is 4.15. The molecule has 4 heteroatoms. The van der Waals surface area contributed by atoms with E-state index in [2.05, 4.69) is 19.2 Å². The van der Waals surface area contributed by atoms with E-state index in [9.17, 15) is 4.79 Å². The first-order chi connectivity index (χ1) is 9.22. The summed E-state index contributed by atoms with van der Waals surface area (Å²) in [5.41, 5.74) is 1.08. The first-order valence-electron chi connectivity index (χ1n) is 6.83. The lowest BCUT2D eigenvalue weighted by Gasteiger charge is -2.19. The normalized spacial score (nSPS) is 11.9. The molecule has 0 saturated carbocycles. The van der Waals surface area contributed by atoms with Gasteiger partial charge >= 0.3 is 5.97 Å². The molecule has 0 fully saturated rings. The van der Waals surface area contributed by atoms with E-state index in [4.69, 9.17) is 9.47 Å². The Bertz CT molecular complexity index is 393. The summed E-state index contributed by atoms with van der Waals surface area (Å²) in [6, 6.07) is 8.03. The van der Waals surface area contributed by atoms with Gasteiger partial charge in [0, 0.05) is 11.6 Å². The van der Waals surface area contributed by atoms with Gasteiger partial charge < -0.3 is 14.8 Å². The highest BCUT2D eigenvalue weighted by molar-refractivity contribution is 5.71. The number of nitrogens with one attached hydrogen (secondary N) is 1. The molecule has 1 atom stereocenters. The zero-order valence-electron chi connectivity index (χ0n) is 11.9. The lowest BCUT2D eigenvalue weighted by molar-refractivity contribution is -0.145. The molecule has 106 valence electrons. The lowest BCUT2D eigenvalue weighted by atomic mass is 10.0. The van der Waals surface area contributed by atoms with Gasteiger partial charge in [0.2, 0.25) is 0 Å². The van der Waals surface area contributed by atoms with Crippen LogP contribution in [0.5, 0.6) is 5.75 Å². The van der Waals surface area contributed by atoms with Gasteiger partial charge in [0.25, 0.3) is 0 Å². The number of carbonyl (C=O) groups is 1. The third-order valence-corrected chi connectivity index (χ3v) is 2.80. The minimum absolute atomic E-state index is 0.0482. The molecule has 19 heavy (non-hydrogen) atoms. The Morgan fingerprint density at radius 2 is 2.00 bits per heavy atom. The molecular weight excluding hydrogens is 242 g/mol. The molecule has 0 amide bonds. The molecule has 1 N–H and O–H groups in total. The maximum atomic E-state index is 11.3. The largest absolute Gasteiger partial charge is 0.482 e. The molecule has 1 aromatic carbocycles. The van der Waals surface area contributed by atoms with E-state index in [1.807, 2.05) is 24.3 Å². The highest BCUT2D eigenvalue weighted by Crippen LogP contribution is 2.27. The van der Waals surface area contributed by atoms with Crippen LogP contribution in [0.25, 0.3) is 0 Å². The van der Waals surface area contributed by atoms with Crippen molar-refractivity contribution in [3.05, 3.63) is 29.8 Å². The second-order valence-corrected chi connectivity index (χ2v) is 4.15. The Hall–Kier alpha value is -1.55. The van der Waals surface area contributed by atoms with Gasteiger partial charge in [0.15, 0.2) is 6.61 Å². The molecule has 1 unspecified atom stereocenters. The Labute approximate surface area is 115 Å². The fraction of sp³-hybridized carbons (Fsp3) is 0.533. The van der Waals surface area contributed by atoms with Crippen molar-refractivity contribution < 1.29 is 14.3 Å². The first kappa shape index (κ1) is 15.5.